The van der Waals surface area contributed by atoms with Crippen molar-refractivity contribution < 1.29 is 0 Å². The Hall–Kier alpha value is -1.56. The predicted octanol–water partition coefficient (Wildman–Crippen LogP) is 4.60. The lowest BCUT2D eigenvalue weighted by atomic mass is 10.2. The third kappa shape index (κ3) is 4.17. The number of piperazine rings is 1. The fourth-order valence-corrected chi connectivity index (χ4v) is 4.93. The molecule has 3 nitrogen and oxygen atoms in total. The Kier molecular flexibility index (Phi) is 5.55. The van der Waals surface area contributed by atoms with E-state index >= 15 is 0 Å². The van der Waals surface area contributed by atoms with Gasteiger partial charge in [-0.05, 0) is 54.5 Å². The van der Waals surface area contributed by atoms with Crippen molar-refractivity contribution in [3.8, 4) is 0 Å². The molecule has 0 aliphatic carbocycles. The van der Waals surface area contributed by atoms with Crippen LogP contribution >= 0.6 is 23.3 Å². The molecule has 3 aromatic rings. The predicted molar refractivity (Wildman–Crippen MR) is 110 cm³/mol. The zero-order valence-electron chi connectivity index (χ0n) is 14.3. The number of anilines is 1. The van der Waals surface area contributed by atoms with E-state index in [0.717, 1.165) is 26.2 Å². The molecule has 0 atom stereocenters. The molecule has 0 unspecified atom stereocenters. The molecule has 25 heavy (non-hydrogen) atoms. The van der Waals surface area contributed by atoms with Gasteiger partial charge in [0.15, 0.2) is 0 Å². The fourth-order valence-electron chi connectivity index (χ4n) is 3.28. The first kappa shape index (κ1) is 16.9. The highest BCUT2D eigenvalue weighted by Crippen LogP contribution is 2.29. The molecule has 1 fully saturated rings. The van der Waals surface area contributed by atoms with E-state index in [-0.39, 0.29) is 0 Å². The number of aromatic nitrogens is 1. The third-order valence-corrected chi connectivity index (χ3v) is 6.58. The number of benzene rings is 2. The zero-order valence-corrected chi connectivity index (χ0v) is 15.9. The molecule has 1 saturated heterocycles. The topological polar surface area (TPSA) is 19.4 Å². The molecule has 1 aromatic heterocycles. The van der Waals surface area contributed by atoms with Gasteiger partial charge in [-0.3, -0.25) is 4.90 Å². The first-order chi connectivity index (χ1) is 12.4. The summed E-state index contributed by atoms with van der Waals surface area (Å²) in [6.07, 6.45) is 1.25. The van der Waals surface area contributed by atoms with E-state index < -0.39 is 0 Å². The van der Waals surface area contributed by atoms with Crippen molar-refractivity contribution in [3.63, 3.8) is 0 Å². The summed E-state index contributed by atoms with van der Waals surface area (Å²) in [5.74, 6) is 2.38. The maximum atomic E-state index is 4.70. The van der Waals surface area contributed by atoms with E-state index in [1.807, 2.05) is 11.8 Å². The van der Waals surface area contributed by atoms with Crippen LogP contribution in [0.5, 0.6) is 0 Å². The van der Waals surface area contributed by atoms with Crippen LogP contribution in [-0.4, -0.2) is 47.8 Å². The summed E-state index contributed by atoms with van der Waals surface area (Å²) < 4.78 is 5.99. The van der Waals surface area contributed by atoms with E-state index in [2.05, 4.69) is 64.4 Å². The molecule has 5 heteroatoms. The minimum Gasteiger partial charge on any atom is -0.353 e. The summed E-state index contributed by atoms with van der Waals surface area (Å²) in [5, 5.41) is 1.31. The van der Waals surface area contributed by atoms with Gasteiger partial charge in [-0.1, -0.05) is 30.3 Å². The Bertz CT molecular complexity index is 795. The Morgan fingerprint density at radius 1 is 0.920 bits per heavy atom. The standard InChI is InChI=1S/C20H23N3S2/c1-2-7-17(8-3-1)24-16-6-11-22-12-14-23(15-13-22)20-18-9-4-5-10-19(18)25-21-20/h1-5,7-10H,6,11-16H2. The first-order valence-electron chi connectivity index (χ1n) is 8.90. The monoisotopic (exact) mass is 369 g/mol. The first-order valence-corrected chi connectivity index (χ1v) is 10.7. The average molecular weight is 370 g/mol. The van der Waals surface area contributed by atoms with Gasteiger partial charge >= 0.3 is 0 Å². The number of hydrogen-bond acceptors (Lipinski definition) is 5. The van der Waals surface area contributed by atoms with Gasteiger partial charge in [-0.2, -0.15) is 4.37 Å². The number of nitrogens with zero attached hydrogens (tertiary/aromatic N) is 3. The van der Waals surface area contributed by atoms with Crippen molar-refractivity contribution in [3.05, 3.63) is 54.6 Å². The van der Waals surface area contributed by atoms with E-state index in [1.54, 1.807) is 11.5 Å². The highest BCUT2D eigenvalue weighted by molar-refractivity contribution is 7.99. The summed E-state index contributed by atoms with van der Waals surface area (Å²) in [6.45, 7) is 5.65. The lowest BCUT2D eigenvalue weighted by molar-refractivity contribution is 0.259. The Labute approximate surface area is 157 Å². The fraction of sp³-hybridized carbons (Fsp3) is 0.350. The second-order valence-electron chi connectivity index (χ2n) is 6.35. The van der Waals surface area contributed by atoms with Crippen molar-refractivity contribution >= 4 is 39.2 Å². The van der Waals surface area contributed by atoms with E-state index in [0.29, 0.717) is 0 Å². The minimum atomic E-state index is 1.08. The van der Waals surface area contributed by atoms with Crippen LogP contribution in [-0.2, 0) is 0 Å². The van der Waals surface area contributed by atoms with Crippen LogP contribution in [0.1, 0.15) is 6.42 Å². The van der Waals surface area contributed by atoms with Crippen LogP contribution in [0.4, 0.5) is 5.82 Å². The second kappa shape index (κ2) is 8.21. The van der Waals surface area contributed by atoms with Crippen LogP contribution in [0.3, 0.4) is 0 Å². The summed E-state index contributed by atoms with van der Waals surface area (Å²) >= 11 is 3.58. The molecule has 1 aliphatic heterocycles. The maximum absolute atomic E-state index is 4.70. The largest absolute Gasteiger partial charge is 0.353 e. The molecular weight excluding hydrogens is 346 g/mol. The Morgan fingerprint density at radius 3 is 2.52 bits per heavy atom. The summed E-state index contributed by atoms with van der Waals surface area (Å²) in [6, 6.07) is 19.3. The van der Waals surface area contributed by atoms with Crippen molar-refractivity contribution in [2.45, 2.75) is 11.3 Å². The van der Waals surface area contributed by atoms with Crippen LogP contribution in [0.25, 0.3) is 10.1 Å². The molecule has 0 saturated carbocycles. The van der Waals surface area contributed by atoms with Gasteiger partial charge in [0.05, 0.1) is 4.70 Å². The van der Waals surface area contributed by atoms with Crippen LogP contribution in [0.2, 0.25) is 0 Å². The molecular formula is C20H23N3S2. The SMILES string of the molecule is c1ccc(SCCCN2CCN(c3nsc4ccccc34)CC2)cc1. The number of rotatable bonds is 6. The number of thioether (sulfide) groups is 1. The van der Waals surface area contributed by atoms with E-state index in [1.165, 1.54) is 39.5 Å². The number of fused-ring (bicyclic) bond motifs is 1. The molecule has 0 N–H and O–H groups in total. The van der Waals surface area contributed by atoms with Crippen molar-refractivity contribution in [2.24, 2.45) is 0 Å². The van der Waals surface area contributed by atoms with Crippen LogP contribution < -0.4 is 4.90 Å². The van der Waals surface area contributed by atoms with Crippen LogP contribution in [0, 0.1) is 0 Å². The van der Waals surface area contributed by atoms with Gasteiger partial charge in [-0.25, -0.2) is 0 Å². The molecule has 1 aliphatic rings. The lowest BCUT2D eigenvalue weighted by Gasteiger charge is -2.35. The molecule has 130 valence electrons. The summed E-state index contributed by atoms with van der Waals surface area (Å²) in [5.41, 5.74) is 0. The molecule has 2 aromatic carbocycles. The van der Waals surface area contributed by atoms with Gasteiger partial charge in [0, 0.05) is 36.5 Å². The Balaban J connectivity index is 1.23. The summed E-state index contributed by atoms with van der Waals surface area (Å²) in [4.78, 5) is 6.42. The molecule has 0 bridgehead atoms. The van der Waals surface area contributed by atoms with E-state index in [9.17, 15) is 0 Å². The summed E-state index contributed by atoms with van der Waals surface area (Å²) in [7, 11) is 0. The Morgan fingerprint density at radius 2 is 1.68 bits per heavy atom. The van der Waals surface area contributed by atoms with Gasteiger partial charge in [0.1, 0.15) is 5.82 Å². The highest BCUT2D eigenvalue weighted by Gasteiger charge is 2.20. The zero-order chi connectivity index (χ0) is 16.9. The molecule has 4 rings (SSSR count). The molecule has 2 heterocycles. The van der Waals surface area contributed by atoms with Crippen molar-refractivity contribution in [2.75, 3.05) is 43.4 Å². The molecule has 0 spiro atoms. The highest BCUT2D eigenvalue weighted by atomic mass is 32.2. The number of hydrogen-bond donors (Lipinski definition) is 0. The smallest absolute Gasteiger partial charge is 0.150 e. The minimum absolute atomic E-state index is 1.08. The van der Waals surface area contributed by atoms with Crippen molar-refractivity contribution in [1.29, 1.82) is 0 Å². The second-order valence-corrected chi connectivity index (χ2v) is 8.32. The molecule has 0 amide bonds. The van der Waals surface area contributed by atoms with Gasteiger partial charge in [0.25, 0.3) is 0 Å². The van der Waals surface area contributed by atoms with Gasteiger partial charge < -0.3 is 4.90 Å². The van der Waals surface area contributed by atoms with Crippen molar-refractivity contribution in [1.82, 2.24) is 9.27 Å². The third-order valence-electron chi connectivity index (χ3n) is 4.66. The quantitative estimate of drug-likeness (QED) is 0.467. The van der Waals surface area contributed by atoms with Gasteiger partial charge in [0.2, 0.25) is 0 Å². The van der Waals surface area contributed by atoms with Crippen LogP contribution in [0.15, 0.2) is 59.5 Å². The lowest BCUT2D eigenvalue weighted by Crippen LogP contribution is -2.46. The normalized spacial score (nSPS) is 15.8. The maximum Gasteiger partial charge on any atom is 0.150 e. The average Bonchev–Trinajstić information content (AvgIpc) is 3.11. The van der Waals surface area contributed by atoms with Gasteiger partial charge in [-0.15, -0.1) is 11.8 Å². The molecule has 0 radical (unpaired) electrons. The van der Waals surface area contributed by atoms with E-state index in [4.69, 9.17) is 4.37 Å².